The number of hydrogen-bond acceptors (Lipinski definition) is 13. The zero-order chi connectivity index (χ0) is 33.3. The monoisotopic (exact) mass is 650 g/mol. The van der Waals surface area contributed by atoms with Crippen LogP contribution in [0, 0.1) is 0 Å². The summed E-state index contributed by atoms with van der Waals surface area (Å²) in [6.45, 7) is 17.2. The maximum atomic E-state index is 13.4. The predicted molar refractivity (Wildman–Crippen MR) is 158 cm³/mol. The van der Waals surface area contributed by atoms with Crippen LogP contribution >= 0.6 is 7.82 Å². The summed E-state index contributed by atoms with van der Waals surface area (Å²) in [5.41, 5.74) is 0. The molecule has 0 fully saturated rings. The summed E-state index contributed by atoms with van der Waals surface area (Å²) in [5.74, 6) is -12.7. The Morgan fingerprint density at radius 2 is 0.837 bits per heavy atom. The van der Waals surface area contributed by atoms with Crippen molar-refractivity contribution in [3.05, 3.63) is 0 Å². The van der Waals surface area contributed by atoms with Crippen LogP contribution < -0.4 is 0 Å². The van der Waals surface area contributed by atoms with E-state index >= 15 is 0 Å². The molecule has 0 aromatic rings. The molecule has 14 nitrogen and oxygen atoms in total. The minimum atomic E-state index is -4.97. The van der Waals surface area contributed by atoms with Crippen molar-refractivity contribution in [1.82, 2.24) is 0 Å². The lowest BCUT2D eigenvalue weighted by molar-refractivity contribution is -0.594. The van der Waals surface area contributed by atoms with Gasteiger partial charge in [0, 0.05) is 65.9 Å². The van der Waals surface area contributed by atoms with Crippen molar-refractivity contribution in [2.24, 2.45) is 0 Å². The fourth-order valence-corrected chi connectivity index (χ4v) is 6.07. The lowest BCUT2D eigenvalue weighted by Gasteiger charge is -2.61. The molecule has 15 heteroatoms. The second-order valence-electron chi connectivity index (χ2n) is 8.82. The molecule has 0 amide bonds. The van der Waals surface area contributed by atoms with Gasteiger partial charge in [0.1, 0.15) is 0 Å². The first kappa shape index (κ1) is 42.7. The molecule has 0 aliphatic carbocycles. The third-order valence-corrected chi connectivity index (χ3v) is 7.09. The van der Waals surface area contributed by atoms with Crippen LogP contribution in [0.3, 0.4) is 0 Å². The summed E-state index contributed by atoms with van der Waals surface area (Å²) in [7, 11) is -4.97. The van der Waals surface area contributed by atoms with Crippen LogP contribution in [0.15, 0.2) is 0 Å². The summed E-state index contributed by atoms with van der Waals surface area (Å²) in [5, 5.41) is 12.5. The lowest BCUT2D eigenvalue weighted by atomic mass is 9.83. The molecule has 43 heavy (non-hydrogen) atoms. The van der Waals surface area contributed by atoms with E-state index in [-0.39, 0.29) is 72.5 Å². The quantitative estimate of drug-likeness (QED) is 0.0886. The molecule has 0 heterocycles. The first-order valence-electron chi connectivity index (χ1n) is 15.5. The molecule has 0 aliphatic rings. The molecule has 0 aromatic heterocycles. The lowest BCUT2D eigenvalue weighted by Crippen LogP contribution is -2.86. The smallest absolute Gasteiger partial charge is 0.361 e. The number of phosphoric acid groups is 1. The van der Waals surface area contributed by atoms with Crippen molar-refractivity contribution in [1.29, 1.82) is 0 Å². The van der Waals surface area contributed by atoms with Gasteiger partial charge in [0.15, 0.2) is 0 Å². The van der Waals surface area contributed by atoms with Crippen LogP contribution in [0.4, 0.5) is 0 Å². The van der Waals surface area contributed by atoms with Crippen LogP contribution in [0.1, 0.15) is 89.0 Å². The molecule has 0 saturated carbocycles. The van der Waals surface area contributed by atoms with Gasteiger partial charge in [-0.1, -0.05) is 13.3 Å². The van der Waals surface area contributed by atoms with E-state index in [9.17, 15) is 14.6 Å². The normalized spacial score (nSPS) is 16.3. The fourth-order valence-electron chi connectivity index (χ4n) is 5.16. The van der Waals surface area contributed by atoms with Crippen LogP contribution in [-0.4, -0.2) is 105 Å². The average molecular weight is 651 g/mol. The Morgan fingerprint density at radius 1 is 0.488 bits per heavy atom. The van der Waals surface area contributed by atoms with Gasteiger partial charge in [-0.3, -0.25) is 4.52 Å². The Morgan fingerprint density at radius 3 is 1.16 bits per heavy atom. The van der Waals surface area contributed by atoms with Gasteiger partial charge in [0.05, 0.1) is 6.61 Å². The highest BCUT2D eigenvalue weighted by atomic mass is 31.2. The molecule has 0 radical (unpaired) electrons. The second kappa shape index (κ2) is 20.1. The van der Waals surface area contributed by atoms with E-state index in [1.54, 1.807) is 62.3 Å². The molecule has 0 saturated heterocycles. The fraction of sp³-hybridized carbons (Fsp3) is 1.00. The zero-order valence-electron chi connectivity index (χ0n) is 28.2. The highest BCUT2D eigenvalue weighted by Gasteiger charge is 2.85. The topological polar surface area (TPSA) is 159 Å². The van der Waals surface area contributed by atoms with E-state index in [2.05, 4.69) is 0 Å². The maximum Gasteiger partial charge on any atom is 0.476 e. The molecule has 0 aliphatic heterocycles. The van der Waals surface area contributed by atoms with Gasteiger partial charge >= 0.3 is 19.6 Å². The summed E-state index contributed by atoms with van der Waals surface area (Å²) < 4.78 is 81.2. The standard InChI is InChI=1S/C28H59O14P/c1-12-23-24(29,32-13-2)25(33-14-3,34-15-4)26(35-16-5,36-17-6)27(37-18-7,38-19-8)28(39-20-9,40-21-10)42-43(30,31)41-22-11/h29H,12-23H2,1-11H3,(H,30,31). The molecule has 2 atom stereocenters. The summed E-state index contributed by atoms with van der Waals surface area (Å²) in [6, 6.07) is 0. The third kappa shape index (κ3) is 8.95. The van der Waals surface area contributed by atoms with E-state index in [0.717, 1.165) is 0 Å². The minimum Gasteiger partial charge on any atom is -0.361 e. The van der Waals surface area contributed by atoms with Crippen LogP contribution in [-0.2, 0) is 56.2 Å². The van der Waals surface area contributed by atoms with Gasteiger partial charge in [-0.15, -0.1) is 0 Å². The molecule has 0 spiro atoms. The van der Waals surface area contributed by atoms with E-state index in [4.69, 9.17) is 51.7 Å². The molecule has 0 aromatic carbocycles. The number of phosphoric ester groups is 1. The van der Waals surface area contributed by atoms with Crippen LogP contribution in [0.25, 0.3) is 0 Å². The van der Waals surface area contributed by atoms with E-state index < -0.39 is 36.9 Å². The summed E-state index contributed by atoms with van der Waals surface area (Å²) >= 11 is 0. The van der Waals surface area contributed by atoms with Crippen molar-refractivity contribution in [2.45, 2.75) is 118 Å². The van der Waals surface area contributed by atoms with Crippen molar-refractivity contribution in [2.75, 3.05) is 66.1 Å². The first-order valence-corrected chi connectivity index (χ1v) is 17.0. The van der Waals surface area contributed by atoms with Crippen LogP contribution in [0.5, 0.6) is 0 Å². The average Bonchev–Trinajstić information content (AvgIpc) is 2.92. The van der Waals surface area contributed by atoms with Gasteiger partial charge in [-0.2, -0.15) is 0 Å². The Bertz CT molecular complexity index is 753. The number of ether oxygens (including phenoxy) is 9. The van der Waals surface area contributed by atoms with Gasteiger partial charge in [0.2, 0.25) is 5.79 Å². The number of aliphatic hydroxyl groups is 1. The highest BCUT2D eigenvalue weighted by molar-refractivity contribution is 7.47. The maximum absolute atomic E-state index is 13.4. The van der Waals surface area contributed by atoms with E-state index in [0.29, 0.717) is 6.42 Å². The Balaban J connectivity index is 8.81. The second-order valence-corrected chi connectivity index (χ2v) is 10.2. The summed E-state index contributed by atoms with van der Waals surface area (Å²) in [4.78, 5) is 10.9. The van der Waals surface area contributed by atoms with Crippen molar-refractivity contribution < 1.29 is 66.2 Å². The molecule has 260 valence electrons. The Hall–Kier alpha value is -0.290. The zero-order valence-corrected chi connectivity index (χ0v) is 29.1. The Kier molecular flexibility index (Phi) is 19.9. The van der Waals surface area contributed by atoms with Gasteiger partial charge in [-0.25, -0.2) is 9.09 Å². The molecule has 2 unspecified atom stereocenters. The van der Waals surface area contributed by atoms with Crippen molar-refractivity contribution in [3.63, 3.8) is 0 Å². The SMILES string of the molecule is CCCC(O)(OCC)C(OCC)(OCC)C(OCC)(OCC)C(OCC)(OCC)C(OCC)(OCC)OP(=O)(O)OCC. The third-order valence-electron chi connectivity index (χ3n) is 6.04. The number of hydrogen-bond donors (Lipinski definition) is 2. The first-order chi connectivity index (χ1) is 20.4. The summed E-state index contributed by atoms with van der Waals surface area (Å²) in [6.07, 6.45) is 0.364. The predicted octanol–water partition coefficient (Wildman–Crippen LogP) is 4.70. The van der Waals surface area contributed by atoms with Crippen molar-refractivity contribution in [3.8, 4) is 0 Å². The minimum absolute atomic E-state index is 0.0255. The molecule has 0 bridgehead atoms. The molecular formula is C28H59O14P. The van der Waals surface area contributed by atoms with Gasteiger partial charge < -0.3 is 52.6 Å². The van der Waals surface area contributed by atoms with Crippen molar-refractivity contribution >= 4 is 7.82 Å². The Labute approximate surface area is 258 Å². The largest absolute Gasteiger partial charge is 0.476 e. The molecular weight excluding hydrogens is 591 g/mol. The molecule has 0 rings (SSSR count). The van der Waals surface area contributed by atoms with Crippen LogP contribution in [0.2, 0.25) is 0 Å². The molecule has 2 N–H and O–H groups in total. The van der Waals surface area contributed by atoms with Gasteiger partial charge in [0.25, 0.3) is 11.6 Å². The van der Waals surface area contributed by atoms with Gasteiger partial charge in [-0.05, 0) is 69.2 Å². The van der Waals surface area contributed by atoms with E-state index in [1.807, 2.05) is 6.92 Å². The highest BCUT2D eigenvalue weighted by Crippen LogP contribution is 2.60. The number of rotatable bonds is 28. The van der Waals surface area contributed by atoms with E-state index in [1.165, 1.54) is 6.92 Å².